The summed E-state index contributed by atoms with van der Waals surface area (Å²) >= 11 is 11.9. The van der Waals surface area contributed by atoms with Crippen LogP contribution < -0.4 is 5.32 Å². The van der Waals surface area contributed by atoms with Crippen LogP contribution in [0.15, 0.2) is 54.7 Å². The summed E-state index contributed by atoms with van der Waals surface area (Å²) in [6, 6.07) is 12.4. The highest BCUT2D eigenvalue weighted by atomic mass is 35.5. The van der Waals surface area contributed by atoms with Crippen molar-refractivity contribution in [2.24, 2.45) is 0 Å². The second-order valence-corrected chi connectivity index (χ2v) is 5.88. The third kappa shape index (κ3) is 3.75. The maximum atomic E-state index is 12.9. The molecular formula is C17H12Cl2FN3O. The number of aromatic nitrogens is 2. The lowest BCUT2D eigenvalue weighted by atomic mass is 10.2. The fourth-order valence-electron chi connectivity index (χ4n) is 2.13. The van der Waals surface area contributed by atoms with Gasteiger partial charge in [-0.15, -0.1) is 0 Å². The highest BCUT2D eigenvalue weighted by Crippen LogP contribution is 2.20. The van der Waals surface area contributed by atoms with Crippen LogP contribution in [0.3, 0.4) is 0 Å². The minimum atomic E-state index is -0.334. The number of nitrogens with zero attached hydrogens (tertiary/aromatic N) is 2. The highest BCUT2D eigenvalue weighted by molar-refractivity contribution is 6.35. The second-order valence-electron chi connectivity index (χ2n) is 5.03. The lowest BCUT2D eigenvalue weighted by Crippen LogP contribution is -2.23. The van der Waals surface area contributed by atoms with E-state index in [2.05, 4.69) is 10.4 Å². The minimum Gasteiger partial charge on any atom is -0.346 e. The Morgan fingerprint density at radius 2 is 1.88 bits per heavy atom. The van der Waals surface area contributed by atoms with Gasteiger partial charge in [-0.25, -0.2) is 9.07 Å². The van der Waals surface area contributed by atoms with E-state index in [1.807, 2.05) is 0 Å². The van der Waals surface area contributed by atoms with Crippen LogP contribution in [0.1, 0.15) is 16.1 Å². The number of hydrogen-bond acceptors (Lipinski definition) is 2. The predicted molar refractivity (Wildman–Crippen MR) is 91.2 cm³/mol. The van der Waals surface area contributed by atoms with E-state index in [-0.39, 0.29) is 18.3 Å². The van der Waals surface area contributed by atoms with Gasteiger partial charge in [-0.05, 0) is 48.5 Å². The van der Waals surface area contributed by atoms with Crippen LogP contribution in [0.5, 0.6) is 0 Å². The van der Waals surface area contributed by atoms with Crippen LogP contribution in [0.4, 0.5) is 4.39 Å². The van der Waals surface area contributed by atoms with Crippen molar-refractivity contribution in [3.8, 4) is 5.69 Å². The largest absolute Gasteiger partial charge is 0.346 e. The summed E-state index contributed by atoms with van der Waals surface area (Å²) < 4.78 is 14.5. The van der Waals surface area contributed by atoms with E-state index >= 15 is 0 Å². The van der Waals surface area contributed by atoms with Gasteiger partial charge in [0, 0.05) is 11.2 Å². The van der Waals surface area contributed by atoms with E-state index in [0.29, 0.717) is 21.3 Å². The van der Waals surface area contributed by atoms with Crippen molar-refractivity contribution in [2.75, 3.05) is 0 Å². The molecule has 0 atom stereocenters. The van der Waals surface area contributed by atoms with Crippen molar-refractivity contribution in [3.63, 3.8) is 0 Å². The quantitative estimate of drug-likeness (QED) is 0.753. The number of halogens is 3. The van der Waals surface area contributed by atoms with Gasteiger partial charge in [0.05, 0.1) is 28.5 Å². The molecule has 0 aliphatic rings. The molecule has 0 aliphatic carbocycles. The first kappa shape index (κ1) is 16.5. The smallest absolute Gasteiger partial charge is 0.253 e. The number of rotatable bonds is 4. The summed E-state index contributed by atoms with van der Waals surface area (Å²) in [6.45, 7) is 0.232. The van der Waals surface area contributed by atoms with E-state index in [4.69, 9.17) is 23.2 Å². The standard InChI is InChI=1S/C17H12Cl2FN3O/c18-11-1-6-16(19)15(9-11)17(24)21-10-13-7-8-23(22-13)14-4-2-12(20)3-5-14/h1-9H,10H2,(H,21,24). The van der Waals surface area contributed by atoms with Crippen molar-refractivity contribution in [1.29, 1.82) is 0 Å². The lowest BCUT2D eigenvalue weighted by molar-refractivity contribution is 0.0950. The number of carbonyl (C=O) groups excluding carboxylic acids is 1. The zero-order valence-corrected chi connectivity index (χ0v) is 13.9. The SMILES string of the molecule is O=C(NCc1ccn(-c2ccc(F)cc2)n1)c1cc(Cl)ccc1Cl. The van der Waals surface area contributed by atoms with Gasteiger partial charge in [0.15, 0.2) is 0 Å². The molecule has 2 aromatic carbocycles. The van der Waals surface area contributed by atoms with E-state index in [1.165, 1.54) is 18.2 Å². The average molecular weight is 364 g/mol. The molecule has 1 heterocycles. The third-order valence-corrected chi connectivity index (χ3v) is 3.90. The minimum absolute atomic E-state index is 0.232. The molecule has 0 saturated carbocycles. The fourth-order valence-corrected chi connectivity index (χ4v) is 2.51. The van der Waals surface area contributed by atoms with Crippen molar-refractivity contribution in [1.82, 2.24) is 15.1 Å². The number of carbonyl (C=O) groups is 1. The van der Waals surface area contributed by atoms with Gasteiger partial charge in [0.25, 0.3) is 5.91 Å². The molecule has 0 fully saturated rings. The predicted octanol–water partition coefficient (Wildman–Crippen LogP) is 4.25. The van der Waals surface area contributed by atoms with Crippen LogP contribution in [0, 0.1) is 5.82 Å². The fraction of sp³-hybridized carbons (Fsp3) is 0.0588. The maximum absolute atomic E-state index is 12.9. The summed E-state index contributed by atoms with van der Waals surface area (Å²) in [7, 11) is 0. The van der Waals surface area contributed by atoms with Crippen LogP contribution in [-0.4, -0.2) is 15.7 Å². The van der Waals surface area contributed by atoms with Gasteiger partial charge in [0.1, 0.15) is 5.82 Å². The Balaban J connectivity index is 1.68. The van der Waals surface area contributed by atoms with Gasteiger partial charge < -0.3 is 5.32 Å². The normalized spacial score (nSPS) is 10.6. The first-order valence-corrected chi connectivity index (χ1v) is 7.82. The Hall–Kier alpha value is -2.37. The first-order valence-electron chi connectivity index (χ1n) is 7.06. The van der Waals surface area contributed by atoms with Crippen molar-refractivity contribution >= 4 is 29.1 Å². The van der Waals surface area contributed by atoms with Crippen molar-refractivity contribution < 1.29 is 9.18 Å². The summed E-state index contributed by atoms with van der Waals surface area (Å²) in [6.07, 6.45) is 1.74. The number of amides is 1. The number of nitrogens with one attached hydrogen (secondary N) is 1. The van der Waals surface area contributed by atoms with Gasteiger partial charge >= 0.3 is 0 Å². The maximum Gasteiger partial charge on any atom is 0.253 e. The van der Waals surface area contributed by atoms with Crippen LogP contribution >= 0.6 is 23.2 Å². The molecule has 4 nitrogen and oxygen atoms in total. The van der Waals surface area contributed by atoms with Crippen molar-refractivity contribution in [2.45, 2.75) is 6.54 Å². The van der Waals surface area contributed by atoms with Gasteiger partial charge in [0.2, 0.25) is 0 Å². The average Bonchev–Trinajstić information content (AvgIpc) is 3.04. The van der Waals surface area contributed by atoms with E-state index in [9.17, 15) is 9.18 Å². The molecule has 0 bridgehead atoms. The lowest BCUT2D eigenvalue weighted by Gasteiger charge is -2.06. The zero-order chi connectivity index (χ0) is 17.1. The second kappa shape index (κ2) is 7.03. The van der Waals surface area contributed by atoms with Gasteiger partial charge in [-0.1, -0.05) is 23.2 Å². The van der Waals surface area contributed by atoms with Crippen LogP contribution in [0.25, 0.3) is 5.69 Å². The summed E-state index contributed by atoms with van der Waals surface area (Å²) in [5.74, 6) is -0.643. The summed E-state index contributed by atoms with van der Waals surface area (Å²) in [5, 5.41) is 7.84. The summed E-state index contributed by atoms with van der Waals surface area (Å²) in [5.41, 5.74) is 1.69. The van der Waals surface area contributed by atoms with Crippen LogP contribution in [-0.2, 0) is 6.54 Å². The Bertz CT molecular complexity index is 878. The molecule has 1 N–H and O–H groups in total. The Morgan fingerprint density at radius 1 is 1.12 bits per heavy atom. The van der Waals surface area contributed by atoms with E-state index in [0.717, 1.165) is 5.69 Å². The van der Waals surface area contributed by atoms with Crippen LogP contribution in [0.2, 0.25) is 10.0 Å². The number of benzene rings is 2. The molecule has 1 amide bonds. The highest BCUT2D eigenvalue weighted by Gasteiger charge is 2.11. The summed E-state index contributed by atoms with van der Waals surface area (Å²) in [4.78, 5) is 12.2. The molecule has 3 rings (SSSR count). The molecule has 0 saturated heterocycles. The molecule has 24 heavy (non-hydrogen) atoms. The van der Waals surface area contributed by atoms with Gasteiger partial charge in [-0.3, -0.25) is 4.79 Å². The Kier molecular flexibility index (Phi) is 4.83. The third-order valence-electron chi connectivity index (χ3n) is 3.34. The van der Waals surface area contributed by atoms with Crippen molar-refractivity contribution in [3.05, 3.63) is 81.8 Å². The molecule has 0 spiro atoms. The monoisotopic (exact) mass is 363 g/mol. The molecular weight excluding hydrogens is 352 g/mol. The molecule has 0 unspecified atom stereocenters. The Labute approximate surface area is 147 Å². The Morgan fingerprint density at radius 3 is 2.62 bits per heavy atom. The van der Waals surface area contributed by atoms with Gasteiger partial charge in [-0.2, -0.15) is 5.10 Å². The molecule has 1 aromatic heterocycles. The van der Waals surface area contributed by atoms with E-state index < -0.39 is 0 Å². The molecule has 122 valence electrons. The molecule has 0 radical (unpaired) electrons. The topological polar surface area (TPSA) is 46.9 Å². The molecule has 3 aromatic rings. The number of hydrogen-bond donors (Lipinski definition) is 1. The molecule has 7 heteroatoms. The first-order chi connectivity index (χ1) is 11.5. The van der Waals surface area contributed by atoms with E-state index in [1.54, 1.807) is 41.2 Å². The molecule has 0 aliphatic heterocycles. The zero-order valence-electron chi connectivity index (χ0n) is 12.3.